The van der Waals surface area contributed by atoms with Crippen LogP contribution in [0, 0.1) is 0 Å². The minimum atomic E-state index is -4.00. The van der Waals surface area contributed by atoms with E-state index in [-0.39, 0.29) is 39.6 Å². The number of anilines is 1. The second kappa shape index (κ2) is 10.2. The zero-order valence-electron chi connectivity index (χ0n) is 23.1. The van der Waals surface area contributed by atoms with Gasteiger partial charge in [-0.2, -0.15) is 0 Å². The van der Waals surface area contributed by atoms with Crippen LogP contribution in [0.2, 0.25) is 0 Å². The van der Waals surface area contributed by atoms with Gasteiger partial charge in [-0.25, -0.2) is 8.42 Å². The van der Waals surface area contributed by atoms with Crippen molar-refractivity contribution < 1.29 is 18.3 Å². The Kier molecular flexibility index (Phi) is 8.37. The van der Waals surface area contributed by atoms with E-state index in [0.29, 0.717) is 5.56 Å². The fourth-order valence-electron chi connectivity index (χ4n) is 4.08. The molecule has 194 valence electrons. The Morgan fingerprint density at radius 3 is 1.74 bits per heavy atom. The highest BCUT2D eigenvalue weighted by Crippen LogP contribution is 2.39. The number of phenolic OH excluding ortho intramolecular Hbond substituents is 1. The van der Waals surface area contributed by atoms with Crippen molar-refractivity contribution in [2.45, 2.75) is 90.4 Å². The van der Waals surface area contributed by atoms with Gasteiger partial charge in [-0.15, -0.1) is 0 Å². The van der Waals surface area contributed by atoms with Crippen LogP contribution in [0.4, 0.5) is 5.69 Å². The highest BCUT2D eigenvalue weighted by atomic mass is 32.2. The quantitative estimate of drug-likeness (QED) is 0.420. The number of hydrogen-bond donors (Lipinski definition) is 2. The van der Waals surface area contributed by atoms with Crippen molar-refractivity contribution in [1.29, 1.82) is 0 Å². The van der Waals surface area contributed by atoms with Crippen LogP contribution in [-0.2, 0) is 15.4 Å². The van der Waals surface area contributed by atoms with E-state index < -0.39 is 21.3 Å². The van der Waals surface area contributed by atoms with E-state index in [4.69, 9.17) is 0 Å². The number of hydrogen-bond acceptors (Lipinski definition) is 4. The number of carbonyl (C=O) groups excluding carboxylic acids is 1. The Bertz CT molecular complexity index is 1180. The molecule has 2 N–H and O–H groups in total. The average molecular weight is 503 g/mol. The molecular formula is C28H42N2O4S. The molecule has 0 bridgehead atoms. The highest BCUT2D eigenvalue weighted by Gasteiger charge is 2.30. The number of amides is 1. The summed E-state index contributed by atoms with van der Waals surface area (Å²) in [5, 5.41) is 10.9. The van der Waals surface area contributed by atoms with Gasteiger partial charge < -0.3 is 10.0 Å². The molecule has 7 heteroatoms. The molecule has 0 aliphatic heterocycles. The molecule has 0 heterocycles. The predicted molar refractivity (Wildman–Crippen MR) is 144 cm³/mol. The molecule has 0 saturated carbocycles. The monoisotopic (exact) mass is 502 g/mol. The maximum Gasteiger partial charge on any atom is 0.262 e. The van der Waals surface area contributed by atoms with Gasteiger partial charge in [0.2, 0.25) is 0 Å². The summed E-state index contributed by atoms with van der Waals surface area (Å²) in [7, 11) is -0.816. The molecule has 0 atom stereocenters. The first-order chi connectivity index (χ1) is 15.9. The van der Waals surface area contributed by atoms with Gasteiger partial charge in [-0.1, -0.05) is 74.4 Å². The number of rotatable bonds is 7. The summed E-state index contributed by atoms with van der Waals surface area (Å²) >= 11 is 0. The van der Waals surface area contributed by atoms with Gasteiger partial charge in [0.05, 0.1) is 16.1 Å². The Balaban J connectivity index is 2.81. The minimum Gasteiger partial charge on any atom is -0.507 e. The van der Waals surface area contributed by atoms with Crippen LogP contribution in [0.1, 0.15) is 113 Å². The third-order valence-electron chi connectivity index (χ3n) is 6.15. The fourth-order valence-corrected chi connectivity index (χ4v) is 5.82. The van der Waals surface area contributed by atoms with Gasteiger partial charge in [0, 0.05) is 19.7 Å². The van der Waals surface area contributed by atoms with Crippen LogP contribution in [-0.4, -0.2) is 38.4 Å². The van der Waals surface area contributed by atoms with Gasteiger partial charge >= 0.3 is 0 Å². The van der Waals surface area contributed by atoms with Crippen molar-refractivity contribution in [3.8, 4) is 5.75 Å². The van der Waals surface area contributed by atoms with Gasteiger partial charge in [-0.05, 0) is 52.0 Å². The molecule has 0 aliphatic rings. The molecular weight excluding hydrogens is 460 g/mol. The fraction of sp³-hybridized carbons (Fsp3) is 0.536. The lowest BCUT2D eigenvalue weighted by atomic mass is 9.84. The average Bonchev–Trinajstić information content (AvgIpc) is 2.71. The first kappa shape index (κ1) is 28.7. The summed E-state index contributed by atoms with van der Waals surface area (Å²) in [5.41, 5.74) is 2.93. The van der Waals surface area contributed by atoms with Crippen molar-refractivity contribution in [3.63, 3.8) is 0 Å². The van der Waals surface area contributed by atoms with Crippen molar-refractivity contribution >= 4 is 21.6 Å². The number of sulfonamides is 1. The molecule has 2 aromatic rings. The smallest absolute Gasteiger partial charge is 0.262 e. The second-order valence-corrected chi connectivity index (χ2v) is 13.1. The van der Waals surface area contributed by atoms with Crippen LogP contribution in [0.15, 0.2) is 29.2 Å². The molecule has 0 spiro atoms. The first-order valence-electron chi connectivity index (χ1n) is 12.2. The van der Waals surface area contributed by atoms with Crippen molar-refractivity contribution in [2.75, 3.05) is 18.8 Å². The first-order valence-corrected chi connectivity index (χ1v) is 13.7. The van der Waals surface area contributed by atoms with E-state index in [1.54, 1.807) is 20.2 Å². The summed E-state index contributed by atoms with van der Waals surface area (Å²) < 4.78 is 30.6. The summed E-state index contributed by atoms with van der Waals surface area (Å²) in [6.45, 7) is 17.9. The number of phenols is 1. The molecule has 6 nitrogen and oxygen atoms in total. The van der Waals surface area contributed by atoms with E-state index in [2.05, 4.69) is 18.6 Å². The van der Waals surface area contributed by atoms with Crippen molar-refractivity contribution in [3.05, 3.63) is 52.1 Å². The third kappa shape index (κ3) is 6.18. The molecule has 2 rings (SSSR count). The molecule has 0 saturated heterocycles. The Hall–Kier alpha value is -2.54. The molecule has 0 radical (unpaired) electrons. The van der Waals surface area contributed by atoms with Gasteiger partial charge in [-0.3, -0.25) is 9.52 Å². The number of nitrogens with zero attached hydrogens (tertiary/aromatic N) is 1. The lowest BCUT2D eigenvalue weighted by molar-refractivity contribution is 0.0824. The van der Waals surface area contributed by atoms with Crippen LogP contribution in [0.5, 0.6) is 5.75 Å². The maximum absolute atomic E-state index is 13.9. The molecule has 0 fully saturated rings. The molecule has 0 aliphatic carbocycles. The van der Waals surface area contributed by atoms with Gasteiger partial charge in [0.25, 0.3) is 15.9 Å². The van der Waals surface area contributed by atoms with Crippen LogP contribution >= 0.6 is 0 Å². The number of nitrogens with one attached hydrogen (secondary N) is 1. The largest absolute Gasteiger partial charge is 0.507 e. The zero-order valence-corrected chi connectivity index (χ0v) is 23.9. The molecule has 0 unspecified atom stereocenters. The lowest BCUT2D eigenvalue weighted by Gasteiger charge is -2.25. The van der Waals surface area contributed by atoms with Crippen LogP contribution < -0.4 is 4.72 Å². The third-order valence-corrected chi connectivity index (χ3v) is 7.67. The number of benzene rings is 2. The van der Waals surface area contributed by atoms with Gasteiger partial charge in [0.1, 0.15) is 5.75 Å². The van der Waals surface area contributed by atoms with E-state index in [1.807, 2.05) is 60.6 Å². The Morgan fingerprint density at radius 1 is 0.886 bits per heavy atom. The maximum atomic E-state index is 13.9. The summed E-state index contributed by atoms with van der Waals surface area (Å²) in [6.07, 6.45) is 0. The lowest BCUT2D eigenvalue weighted by Crippen LogP contribution is -2.24. The van der Waals surface area contributed by atoms with E-state index in [1.165, 1.54) is 11.0 Å². The van der Waals surface area contributed by atoms with Crippen LogP contribution in [0.3, 0.4) is 0 Å². The topological polar surface area (TPSA) is 86.7 Å². The van der Waals surface area contributed by atoms with Crippen LogP contribution in [0.25, 0.3) is 0 Å². The molecule has 35 heavy (non-hydrogen) atoms. The van der Waals surface area contributed by atoms with Crippen molar-refractivity contribution in [2.24, 2.45) is 0 Å². The van der Waals surface area contributed by atoms with E-state index in [0.717, 1.165) is 16.7 Å². The number of carbonyl (C=O) groups is 1. The molecule has 0 aromatic heterocycles. The molecule has 2 aromatic carbocycles. The van der Waals surface area contributed by atoms with E-state index >= 15 is 0 Å². The van der Waals surface area contributed by atoms with E-state index in [9.17, 15) is 18.3 Å². The minimum absolute atomic E-state index is 0.00592. The standard InChI is InChI=1S/C28H42N2O4S/c1-16(2)19-12-21(17(3)4)26(22(13-19)18(5)6)35(33,34)29-20-14-23(27(32)30(10)11)25(31)24(15-20)28(7,8)9/h12-18,29,31H,1-11H3. The zero-order chi connectivity index (χ0) is 27.0. The normalized spacial score (nSPS) is 12.5. The number of aromatic hydroxyl groups is 1. The summed E-state index contributed by atoms with van der Waals surface area (Å²) in [5.74, 6) is -0.282. The summed E-state index contributed by atoms with van der Waals surface area (Å²) in [6, 6.07) is 7.02. The highest BCUT2D eigenvalue weighted by molar-refractivity contribution is 7.92. The summed E-state index contributed by atoms with van der Waals surface area (Å²) in [4.78, 5) is 14.5. The Morgan fingerprint density at radius 2 is 1.37 bits per heavy atom. The van der Waals surface area contributed by atoms with Gasteiger partial charge in [0.15, 0.2) is 0 Å². The van der Waals surface area contributed by atoms with Crippen molar-refractivity contribution in [1.82, 2.24) is 4.90 Å². The second-order valence-electron chi connectivity index (χ2n) is 11.5. The predicted octanol–water partition coefficient (Wildman–Crippen LogP) is 6.56. The SMILES string of the molecule is CC(C)c1cc(C(C)C)c(S(=O)(=O)Nc2cc(C(=O)N(C)C)c(O)c(C(C)(C)C)c2)c(C(C)C)c1. The Labute approximate surface area is 211 Å². The molecule has 1 amide bonds.